The highest BCUT2D eigenvalue weighted by Crippen LogP contribution is 2.39. The zero-order chi connectivity index (χ0) is 18.5. The lowest BCUT2D eigenvalue weighted by molar-refractivity contribution is 0.00320. The Hall–Kier alpha value is -1.48. The largest absolute Gasteiger partial charge is 0.525 e. The fraction of sp³-hybridized carbons (Fsp3) is 0.500. The van der Waals surface area contributed by atoms with Crippen molar-refractivity contribution in [1.82, 2.24) is 9.55 Å². The van der Waals surface area contributed by atoms with Crippen molar-refractivity contribution in [2.75, 3.05) is 0 Å². The average molecular weight is 376 g/mol. The van der Waals surface area contributed by atoms with E-state index in [-0.39, 0.29) is 6.10 Å². The van der Waals surface area contributed by atoms with Crippen molar-refractivity contribution in [1.29, 1.82) is 0 Å². The van der Waals surface area contributed by atoms with Crippen LogP contribution >= 0.6 is 11.3 Å². The summed E-state index contributed by atoms with van der Waals surface area (Å²) in [5.41, 5.74) is 0.949. The molecule has 1 fully saturated rings. The number of fused-ring (bicyclic) bond motifs is 1. The number of hydrogen-bond acceptors (Lipinski definition) is 5. The molecule has 0 spiro atoms. The lowest BCUT2D eigenvalue weighted by Gasteiger charge is -2.32. The van der Waals surface area contributed by atoms with Crippen LogP contribution in [0.3, 0.4) is 0 Å². The lowest BCUT2D eigenvalue weighted by Crippen LogP contribution is -2.41. The van der Waals surface area contributed by atoms with Crippen LogP contribution in [0, 0.1) is 0 Å². The summed E-state index contributed by atoms with van der Waals surface area (Å²) in [6.07, 6.45) is 3.13. The minimum Gasteiger partial charge on any atom is -0.398 e. The molecule has 2 aliphatic rings. The third kappa shape index (κ3) is 3.05. The molecular weight excluding hydrogens is 354 g/mol. The Balaban J connectivity index is 1.53. The van der Waals surface area contributed by atoms with E-state index in [1.807, 2.05) is 37.6 Å². The maximum atomic E-state index is 14.8. The van der Waals surface area contributed by atoms with Gasteiger partial charge in [0.1, 0.15) is 11.8 Å². The van der Waals surface area contributed by atoms with E-state index in [0.29, 0.717) is 18.8 Å². The second-order valence-electron chi connectivity index (χ2n) is 7.70. The van der Waals surface area contributed by atoms with Crippen LogP contribution < -0.4 is 0 Å². The van der Waals surface area contributed by atoms with Gasteiger partial charge in [0.2, 0.25) is 0 Å². The summed E-state index contributed by atoms with van der Waals surface area (Å²) in [5, 5.41) is 4.13. The van der Waals surface area contributed by atoms with Gasteiger partial charge < -0.3 is 18.6 Å². The molecule has 0 amide bonds. The minimum absolute atomic E-state index is 0.00715. The molecule has 1 atom stereocenters. The first-order valence-electron chi connectivity index (χ1n) is 8.67. The molecule has 5 nitrogen and oxygen atoms in total. The number of hydrogen-bond donors (Lipinski definition) is 0. The monoisotopic (exact) mass is 376 g/mol. The van der Waals surface area contributed by atoms with Gasteiger partial charge in [0.15, 0.2) is 0 Å². The number of thiophene rings is 1. The normalized spacial score (nSPS) is 24.7. The molecule has 0 saturated carbocycles. The van der Waals surface area contributed by atoms with Crippen LogP contribution in [0.5, 0.6) is 0 Å². The smallest absolute Gasteiger partial charge is 0.398 e. The SMILES string of the molecule is CC1(C)OB(C(F)=Cc2ncn3c2COC(c2ccsc2)C3)OC1(C)C. The van der Waals surface area contributed by atoms with Gasteiger partial charge in [0.05, 0.1) is 42.1 Å². The fourth-order valence-corrected chi connectivity index (χ4v) is 3.78. The van der Waals surface area contributed by atoms with E-state index < -0.39 is 24.0 Å². The highest BCUT2D eigenvalue weighted by Gasteiger charge is 2.53. The Labute approximate surface area is 156 Å². The second kappa shape index (κ2) is 6.30. The zero-order valence-corrected chi connectivity index (χ0v) is 16.2. The molecule has 1 unspecified atom stereocenters. The quantitative estimate of drug-likeness (QED) is 0.755. The number of halogens is 1. The van der Waals surface area contributed by atoms with Gasteiger partial charge in [-0.3, -0.25) is 0 Å². The molecule has 0 aliphatic carbocycles. The van der Waals surface area contributed by atoms with Gasteiger partial charge >= 0.3 is 7.12 Å². The first-order chi connectivity index (χ1) is 12.3. The Kier molecular flexibility index (Phi) is 4.34. The summed E-state index contributed by atoms with van der Waals surface area (Å²) in [6, 6.07) is 2.07. The van der Waals surface area contributed by atoms with Crippen LogP contribution in [-0.2, 0) is 27.2 Å². The topological polar surface area (TPSA) is 45.5 Å². The van der Waals surface area contributed by atoms with Crippen LogP contribution in [0.4, 0.5) is 4.39 Å². The number of rotatable bonds is 3. The molecule has 2 aromatic heterocycles. The third-order valence-electron chi connectivity index (χ3n) is 5.43. The van der Waals surface area contributed by atoms with Gasteiger partial charge in [0.25, 0.3) is 0 Å². The van der Waals surface area contributed by atoms with Crippen LogP contribution in [0.1, 0.15) is 50.8 Å². The second-order valence-corrected chi connectivity index (χ2v) is 8.48. The van der Waals surface area contributed by atoms with Crippen molar-refractivity contribution in [3.05, 3.63) is 45.8 Å². The number of nitrogens with zero attached hydrogens (tertiary/aromatic N) is 2. The van der Waals surface area contributed by atoms with Gasteiger partial charge in [-0.15, -0.1) is 0 Å². The summed E-state index contributed by atoms with van der Waals surface area (Å²) in [5.74, 6) is 0. The van der Waals surface area contributed by atoms with Gasteiger partial charge in [-0.2, -0.15) is 11.3 Å². The number of aromatic nitrogens is 2. The van der Waals surface area contributed by atoms with E-state index in [2.05, 4.69) is 16.4 Å². The predicted octanol–water partition coefficient (Wildman–Crippen LogP) is 4.16. The number of ether oxygens (including phenoxy) is 1. The van der Waals surface area contributed by atoms with Gasteiger partial charge in [0, 0.05) is 0 Å². The molecule has 4 heterocycles. The molecule has 0 aromatic carbocycles. The van der Waals surface area contributed by atoms with E-state index >= 15 is 0 Å². The highest BCUT2D eigenvalue weighted by atomic mass is 32.1. The van der Waals surface area contributed by atoms with Crippen LogP contribution in [0.2, 0.25) is 0 Å². The van der Waals surface area contributed by atoms with E-state index in [1.54, 1.807) is 17.7 Å². The highest BCUT2D eigenvalue weighted by molar-refractivity contribution is 7.07. The van der Waals surface area contributed by atoms with Crippen LogP contribution in [0.15, 0.2) is 28.9 Å². The molecule has 138 valence electrons. The van der Waals surface area contributed by atoms with Crippen molar-refractivity contribution in [3.63, 3.8) is 0 Å². The van der Waals surface area contributed by atoms with Crippen molar-refractivity contribution in [3.8, 4) is 0 Å². The standard InChI is InChI=1S/C18H22BFN2O3S/c1-17(2)18(3,4)25-19(24-17)16(20)7-13-14-9-23-15(8-22(14)11-21-13)12-5-6-26-10-12/h5-7,10-11,15H,8-9H2,1-4H3. The minimum atomic E-state index is -1.01. The Morgan fingerprint density at radius 2 is 2.08 bits per heavy atom. The van der Waals surface area contributed by atoms with E-state index in [9.17, 15) is 4.39 Å². The van der Waals surface area contributed by atoms with E-state index in [1.165, 1.54) is 6.08 Å². The lowest BCUT2D eigenvalue weighted by atomic mass is 9.87. The molecule has 2 aromatic rings. The summed E-state index contributed by atoms with van der Waals surface area (Å²) in [4.78, 5) is 4.36. The van der Waals surface area contributed by atoms with Crippen LogP contribution in [0.25, 0.3) is 6.08 Å². The molecule has 8 heteroatoms. The molecule has 4 rings (SSSR count). The van der Waals surface area contributed by atoms with Crippen molar-refractivity contribution >= 4 is 24.5 Å². The fourth-order valence-electron chi connectivity index (χ4n) is 3.08. The van der Waals surface area contributed by atoms with Gasteiger partial charge in [-0.25, -0.2) is 9.37 Å². The molecule has 0 bridgehead atoms. The average Bonchev–Trinajstić information content (AvgIpc) is 3.27. The summed E-state index contributed by atoms with van der Waals surface area (Å²) >= 11 is 1.65. The van der Waals surface area contributed by atoms with Crippen molar-refractivity contribution in [2.24, 2.45) is 0 Å². The maximum absolute atomic E-state index is 14.8. The van der Waals surface area contributed by atoms with Crippen LogP contribution in [-0.4, -0.2) is 27.9 Å². The Bertz CT molecular complexity index is 816. The predicted molar refractivity (Wildman–Crippen MR) is 99.2 cm³/mol. The maximum Gasteiger partial charge on any atom is 0.525 e. The third-order valence-corrected chi connectivity index (χ3v) is 6.13. The van der Waals surface area contributed by atoms with E-state index in [0.717, 1.165) is 11.3 Å². The number of imidazole rings is 1. The molecule has 0 N–H and O–H groups in total. The van der Waals surface area contributed by atoms with E-state index in [4.69, 9.17) is 14.0 Å². The Morgan fingerprint density at radius 3 is 2.73 bits per heavy atom. The zero-order valence-electron chi connectivity index (χ0n) is 15.4. The van der Waals surface area contributed by atoms with Gasteiger partial charge in [-0.1, -0.05) is 0 Å². The van der Waals surface area contributed by atoms with Crippen molar-refractivity contribution in [2.45, 2.75) is 58.2 Å². The van der Waals surface area contributed by atoms with Gasteiger partial charge in [-0.05, 0) is 56.2 Å². The van der Waals surface area contributed by atoms with Crippen molar-refractivity contribution < 1.29 is 18.4 Å². The Morgan fingerprint density at radius 1 is 1.35 bits per heavy atom. The summed E-state index contributed by atoms with van der Waals surface area (Å²) in [7, 11) is -1.01. The molecule has 1 saturated heterocycles. The molecule has 2 aliphatic heterocycles. The summed E-state index contributed by atoms with van der Waals surface area (Å²) in [6.45, 7) is 8.66. The first-order valence-corrected chi connectivity index (χ1v) is 9.61. The molecule has 26 heavy (non-hydrogen) atoms. The molecular formula is C18H22BFN2O3S. The molecule has 0 radical (unpaired) electrons. The first kappa shape index (κ1) is 17.9. The summed E-state index contributed by atoms with van der Waals surface area (Å²) < 4.78 is 34.2.